The molecule has 3 N–H and O–H groups in total. The lowest BCUT2D eigenvalue weighted by molar-refractivity contribution is 0.159. The van der Waals surface area contributed by atoms with Gasteiger partial charge >= 0.3 is 0 Å². The summed E-state index contributed by atoms with van der Waals surface area (Å²) in [5, 5.41) is 10.3. The number of aliphatic hydroxyl groups excluding tert-OH is 1. The maximum Gasteiger partial charge on any atom is 0.129 e. The summed E-state index contributed by atoms with van der Waals surface area (Å²) in [7, 11) is 0. The van der Waals surface area contributed by atoms with Crippen molar-refractivity contribution in [1.82, 2.24) is 9.55 Å². The zero-order valence-electron chi connectivity index (χ0n) is 10.6. The van der Waals surface area contributed by atoms with Gasteiger partial charge in [0.2, 0.25) is 0 Å². The van der Waals surface area contributed by atoms with Crippen molar-refractivity contribution in [2.45, 2.75) is 39.0 Å². The molecule has 18 heavy (non-hydrogen) atoms. The lowest BCUT2D eigenvalue weighted by Gasteiger charge is -2.16. The summed E-state index contributed by atoms with van der Waals surface area (Å²) in [6.45, 7) is 4.58. The third-order valence-electron chi connectivity index (χ3n) is 3.00. The Kier molecular flexibility index (Phi) is 3.90. The number of benzene rings is 1. The minimum atomic E-state index is -0.632. The fraction of sp³-hybridized carbons (Fsp3) is 0.462. The predicted molar refractivity (Wildman–Crippen MR) is 73.6 cm³/mol. The standard InChI is InChI=1S/C13H18ClN3O/c1-3-6-17-11-7-9(14)4-5-10(11)16-13(17)12(15)8(2)18/h4-5,7-8,12,18H,3,6,15H2,1-2H3. The first-order chi connectivity index (χ1) is 8.54. The largest absolute Gasteiger partial charge is 0.391 e. The van der Waals surface area contributed by atoms with Crippen molar-refractivity contribution in [3.05, 3.63) is 29.0 Å². The number of nitrogens with zero attached hydrogens (tertiary/aromatic N) is 2. The molecule has 1 heterocycles. The van der Waals surface area contributed by atoms with Gasteiger partial charge in [-0.05, 0) is 31.5 Å². The summed E-state index contributed by atoms with van der Waals surface area (Å²) >= 11 is 6.02. The smallest absolute Gasteiger partial charge is 0.129 e. The number of nitrogens with two attached hydrogens (primary N) is 1. The van der Waals surface area contributed by atoms with Gasteiger partial charge in [0.1, 0.15) is 5.82 Å². The van der Waals surface area contributed by atoms with Crippen molar-refractivity contribution in [3.8, 4) is 0 Å². The highest BCUT2D eigenvalue weighted by molar-refractivity contribution is 6.31. The maximum atomic E-state index is 9.64. The van der Waals surface area contributed by atoms with Crippen molar-refractivity contribution in [2.75, 3.05) is 0 Å². The first-order valence-corrected chi connectivity index (χ1v) is 6.51. The van der Waals surface area contributed by atoms with E-state index in [0.717, 1.165) is 24.0 Å². The molecule has 2 atom stereocenters. The number of hydrogen-bond donors (Lipinski definition) is 2. The zero-order valence-corrected chi connectivity index (χ0v) is 11.4. The van der Waals surface area contributed by atoms with E-state index in [1.54, 1.807) is 6.92 Å². The van der Waals surface area contributed by atoms with Gasteiger partial charge in [0.25, 0.3) is 0 Å². The molecule has 0 aliphatic heterocycles. The average Bonchev–Trinajstić information content (AvgIpc) is 2.67. The number of halogens is 1. The van der Waals surface area contributed by atoms with E-state index < -0.39 is 12.1 Å². The van der Waals surface area contributed by atoms with E-state index >= 15 is 0 Å². The van der Waals surface area contributed by atoms with Crippen molar-refractivity contribution in [1.29, 1.82) is 0 Å². The zero-order chi connectivity index (χ0) is 13.3. The number of aromatic nitrogens is 2. The molecule has 1 aromatic carbocycles. The van der Waals surface area contributed by atoms with E-state index in [1.165, 1.54) is 0 Å². The molecule has 0 fully saturated rings. The molecule has 0 radical (unpaired) electrons. The van der Waals surface area contributed by atoms with Crippen LogP contribution in [0.5, 0.6) is 0 Å². The molecule has 98 valence electrons. The number of imidazole rings is 1. The highest BCUT2D eigenvalue weighted by Crippen LogP contribution is 2.24. The Morgan fingerprint density at radius 2 is 2.22 bits per heavy atom. The molecule has 0 saturated heterocycles. The van der Waals surface area contributed by atoms with Crippen LogP contribution in [0.1, 0.15) is 32.1 Å². The molecule has 0 spiro atoms. The number of fused-ring (bicyclic) bond motifs is 1. The van der Waals surface area contributed by atoms with Gasteiger partial charge in [0, 0.05) is 11.6 Å². The van der Waals surface area contributed by atoms with Gasteiger partial charge in [0.15, 0.2) is 0 Å². The van der Waals surface area contributed by atoms with Gasteiger partial charge in [-0.3, -0.25) is 0 Å². The fourth-order valence-corrected chi connectivity index (χ4v) is 2.21. The van der Waals surface area contributed by atoms with Crippen LogP contribution in [0.25, 0.3) is 11.0 Å². The van der Waals surface area contributed by atoms with Crippen LogP contribution in [0.15, 0.2) is 18.2 Å². The molecule has 0 amide bonds. The van der Waals surface area contributed by atoms with E-state index in [9.17, 15) is 5.11 Å². The van der Waals surface area contributed by atoms with Crippen LogP contribution in [0, 0.1) is 0 Å². The van der Waals surface area contributed by atoms with Gasteiger partial charge in [-0.2, -0.15) is 0 Å². The third-order valence-corrected chi connectivity index (χ3v) is 3.24. The highest BCUT2D eigenvalue weighted by atomic mass is 35.5. The number of aryl methyl sites for hydroxylation is 1. The first-order valence-electron chi connectivity index (χ1n) is 6.14. The topological polar surface area (TPSA) is 64.1 Å². The van der Waals surface area contributed by atoms with Crippen molar-refractivity contribution in [3.63, 3.8) is 0 Å². The van der Waals surface area contributed by atoms with Crippen LogP contribution >= 0.6 is 11.6 Å². The van der Waals surface area contributed by atoms with Crippen molar-refractivity contribution in [2.24, 2.45) is 5.73 Å². The third kappa shape index (κ3) is 2.36. The molecule has 2 aromatic rings. The van der Waals surface area contributed by atoms with Crippen LogP contribution in [-0.2, 0) is 6.54 Å². The second kappa shape index (κ2) is 5.26. The number of aliphatic hydroxyl groups is 1. The van der Waals surface area contributed by atoms with E-state index in [0.29, 0.717) is 10.8 Å². The van der Waals surface area contributed by atoms with E-state index in [-0.39, 0.29) is 0 Å². The molecule has 0 saturated carbocycles. The second-order valence-corrected chi connectivity index (χ2v) is 4.96. The van der Waals surface area contributed by atoms with Gasteiger partial charge in [-0.15, -0.1) is 0 Å². The second-order valence-electron chi connectivity index (χ2n) is 4.52. The number of hydrogen-bond acceptors (Lipinski definition) is 3. The number of rotatable bonds is 4. The minimum absolute atomic E-state index is 0.484. The Morgan fingerprint density at radius 1 is 1.50 bits per heavy atom. The van der Waals surface area contributed by atoms with Crippen LogP contribution in [0.4, 0.5) is 0 Å². The normalized spacial score (nSPS) is 14.9. The molecule has 2 rings (SSSR count). The maximum absolute atomic E-state index is 9.64. The van der Waals surface area contributed by atoms with E-state index in [1.807, 2.05) is 22.8 Å². The molecular weight excluding hydrogens is 250 g/mol. The molecule has 2 unspecified atom stereocenters. The Bertz CT molecular complexity index is 550. The van der Waals surface area contributed by atoms with E-state index in [2.05, 4.69) is 11.9 Å². The Balaban J connectivity index is 2.61. The van der Waals surface area contributed by atoms with Crippen LogP contribution < -0.4 is 5.73 Å². The van der Waals surface area contributed by atoms with E-state index in [4.69, 9.17) is 17.3 Å². The van der Waals surface area contributed by atoms with Gasteiger partial charge in [-0.1, -0.05) is 18.5 Å². The Hall–Kier alpha value is -1.10. The first kappa shape index (κ1) is 13.3. The molecule has 1 aromatic heterocycles. The van der Waals surface area contributed by atoms with Crippen LogP contribution in [-0.4, -0.2) is 20.8 Å². The molecule has 0 aliphatic rings. The predicted octanol–water partition coefficient (Wildman–Crippen LogP) is 2.48. The quantitative estimate of drug-likeness (QED) is 0.895. The summed E-state index contributed by atoms with van der Waals surface area (Å²) in [5.41, 5.74) is 7.83. The average molecular weight is 268 g/mol. The Morgan fingerprint density at radius 3 is 2.83 bits per heavy atom. The van der Waals surface area contributed by atoms with Gasteiger partial charge in [0.05, 0.1) is 23.2 Å². The van der Waals surface area contributed by atoms with Gasteiger partial charge < -0.3 is 15.4 Å². The van der Waals surface area contributed by atoms with Crippen molar-refractivity contribution < 1.29 is 5.11 Å². The lowest BCUT2D eigenvalue weighted by Crippen LogP contribution is -2.26. The molecule has 4 nitrogen and oxygen atoms in total. The SMILES string of the molecule is CCCn1c(C(N)C(C)O)nc2ccc(Cl)cc21. The van der Waals surface area contributed by atoms with Crippen LogP contribution in [0.3, 0.4) is 0 Å². The molecule has 0 aliphatic carbocycles. The summed E-state index contributed by atoms with van der Waals surface area (Å²) in [6, 6.07) is 5.09. The summed E-state index contributed by atoms with van der Waals surface area (Å²) in [6.07, 6.45) is 0.338. The lowest BCUT2D eigenvalue weighted by atomic mass is 10.2. The highest BCUT2D eigenvalue weighted by Gasteiger charge is 2.20. The fourth-order valence-electron chi connectivity index (χ4n) is 2.04. The monoisotopic (exact) mass is 267 g/mol. The minimum Gasteiger partial charge on any atom is -0.391 e. The summed E-state index contributed by atoms with van der Waals surface area (Å²) < 4.78 is 2.04. The molecule has 0 bridgehead atoms. The van der Waals surface area contributed by atoms with Crippen LogP contribution in [0.2, 0.25) is 5.02 Å². The Labute approximate surface area is 111 Å². The summed E-state index contributed by atoms with van der Waals surface area (Å²) in [4.78, 5) is 4.51. The van der Waals surface area contributed by atoms with Crippen molar-refractivity contribution >= 4 is 22.6 Å². The van der Waals surface area contributed by atoms with Gasteiger partial charge in [-0.25, -0.2) is 4.98 Å². The molecule has 5 heteroatoms. The molecular formula is C13H18ClN3O. The summed E-state index contributed by atoms with van der Waals surface area (Å²) in [5.74, 6) is 0.712.